The molecule has 5 nitrogen and oxygen atoms in total. The van der Waals surface area contributed by atoms with E-state index in [0.29, 0.717) is 26.1 Å². The predicted molar refractivity (Wildman–Crippen MR) is 92.1 cm³/mol. The number of methoxy groups -OCH3 is 3. The van der Waals surface area contributed by atoms with Gasteiger partial charge in [-0.05, 0) is 30.5 Å². The van der Waals surface area contributed by atoms with Crippen molar-refractivity contribution in [2.45, 2.75) is 25.5 Å². The lowest BCUT2D eigenvalue weighted by Crippen LogP contribution is -2.34. The van der Waals surface area contributed by atoms with E-state index >= 15 is 0 Å². The average molecular weight is 323 g/mol. The molecule has 1 aromatic carbocycles. The van der Waals surface area contributed by atoms with Gasteiger partial charge in [0.2, 0.25) is 0 Å². The average Bonchev–Trinajstić information content (AvgIpc) is 2.57. The summed E-state index contributed by atoms with van der Waals surface area (Å²) >= 11 is 0. The Morgan fingerprint density at radius 1 is 1.17 bits per heavy atom. The van der Waals surface area contributed by atoms with E-state index in [2.05, 4.69) is 11.5 Å². The van der Waals surface area contributed by atoms with Crippen molar-refractivity contribution in [1.82, 2.24) is 4.90 Å². The summed E-state index contributed by atoms with van der Waals surface area (Å²) in [6.07, 6.45) is 2.98. The molecule has 1 aromatic rings. The van der Waals surface area contributed by atoms with Crippen LogP contribution in [0.2, 0.25) is 0 Å². The highest BCUT2D eigenvalue weighted by Gasteiger charge is 2.13. The molecule has 0 aliphatic carbocycles. The number of allylic oxidation sites excluding steroid dienone is 1. The Balaban J connectivity index is 2.76. The maximum Gasteiger partial charge on any atom is 0.122 e. The number of aliphatic hydroxyl groups is 1. The molecule has 0 spiro atoms. The first-order valence-electron chi connectivity index (χ1n) is 7.85. The molecule has 0 bridgehead atoms. The van der Waals surface area contributed by atoms with E-state index in [9.17, 15) is 5.11 Å². The van der Waals surface area contributed by atoms with Crippen LogP contribution in [0, 0.1) is 0 Å². The van der Waals surface area contributed by atoms with Crippen molar-refractivity contribution in [3.8, 4) is 11.5 Å². The van der Waals surface area contributed by atoms with Crippen LogP contribution in [0.25, 0.3) is 0 Å². The molecule has 130 valence electrons. The Labute approximate surface area is 139 Å². The summed E-state index contributed by atoms with van der Waals surface area (Å²) in [7, 11) is 4.96. The maximum absolute atomic E-state index is 10.1. The van der Waals surface area contributed by atoms with Gasteiger partial charge in [0.05, 0.1) is 26.9 Å². The van der Waals surface area contributed by atoms with Crippen LogP contribution in [0.15, 0.2) is 30.9 Å². The topological polar surface area (TPSA) is 51.2 Å². The number of nitrogens with zero attached hydrogens (tertiary/aromatic N) is 1. The van der Waals surface area contributed by atoms with Gasteiger partial charge in [-0.25, -0.2) is 0 Å². The summed E-state index contributed by atoms with van der Waals surface area (Å²) in [5.74, 6) is 1.52. The second kappa shape index (κ2) is 11.0. The van der Waals surface area contributed by atoms with Crippen molar-refractivity contribution in [2.75, 3.05) is 41.0 Å². The van der Waals surface area contributed by atoms with Crippen molar-refractivity contribution < 1.29 is 19.3 Å². The lowest BCUT2D eigenvalue weighted by molar-refractivity contribution is 0.0809. The molecular weight excluding hydrogens is 294 g/mol. The molecule has 0 aliphatic heterocycles. The van der Waals surface area contributed by atoms with Crippen LogP contribution in [0.3, 0.4) is 0 Å². The highest BCUT2D eigenvalue weighted by molar-refractivity contribution is 5.38. The van der Waals surface area contributed by atoms with Crippen LogP contribution < -0.4 is 9.47 Å². The fraction of sp³-hybridized carbons (Fsp3) is 0.556. The van der Waals surface area contributed by atoms with Crippen molar-refractivity contribution in [1.29, 1.82) is 0 Å². The molecule has 0 saturated heterocycles. The van der Waals surface area contributed by atoms with Crippen molar-refractivity contribution in [2.24, 2.45) is 0 Å². The van der Waals surface area contributed by atoms with Gasteiger partial charge < -0.3 is 19.3 Å². The zero-order valence-electron chi connectivity index (χ0n) is 14.5. The van der Waals surface area contributed by atoms with Gasteiger partial charge in [-0.15, -0.1) is 6.58 Å². The van der Waals surface area contributed by atoms with Gasteiger partial charge >= 0.3 is 0 Å². The number of aliphatic hydroxyl groups excluding tert-OH is 1. The van der Waals surface area contributed by atoms with Gasteiger partial charge in [0, 0.05) is 32.8 Å². The molecule has 23 heavy (non-hydrogen) atoms. The van der Waals surface area contributed by atoms with Gasteiger partial charge in [-0.2, -0.15) is 0 Å². The third-order valence-corrected chi connectivity index (χ3v) is 3.60. The third kappa shape index (κ3) is 7.50. The second-order valence-corrected chi connectivity index (χ2v) is 5.47. The quantitative estimate of drug-likeness (QED) is 0.599. The Morgan fingerprint density at radius 3 is 2.35 bits per heavy atom. The number of hydrogen-bond donors (Lipinski definition) is 1. The minimum atomic E-state index is -0.377. The molecule has 5 heteroatoms. The van der Waals surface area contributed by atoms with Crippen LogP contribution in [0.5, 0.6) is 11.5 Å². The second-order valence-electron chi connectivity index (χ2n) is 5.47. The van der Waals surface area contributed by atoms with E-state index in [0.717, 1.165) is 30.0 Å². The number of benzene rings is 1. The van der Waals surface area contributed by atoms with Gasteiger partial charge in [-0.1, -0.05) is 6.08 Å². The first-order valence-corrected chi connectivity index (χ1v) is 7.85. The fourth-order valence-corrected chi connectivity index (χ4v) is 2.37. The number of hydrogen-bond acceptors (Lipinski definition) is 5. The van der Waals surface area contributed by atoms with Gasteiger partial charge in [0.25, 0.3) is 0 Å². The smallest absolute Gasteiger partial charge is 0.122 e. The lowest BCUT2D eigenvalue weighted by atomic mass is 10.1. The van der Waals surface area contributed by atoms with E-state index in [1.165, 1.54) is 0 Å². The van der Waals surface area contributed by atoms with Crippen LogP contribution in [0.4, 0.5) is 0 Å². The number of ether oxygens (including phenoxy) is 3. The summed E-state index contributed by atoms with van der Waals surface area (Å²) in [5, 5.41) is 10.1. The summed E-state index contributed by atoms with van der Waals surface area (Å²) in [4.78, 5) is 2.17. The number of rotatable bonds is 12. The van der Waals surface area contributed by atoms with Crippen LogP contribution in [-0.4, -0.2) is 57.1 Å². The van der Waals surface area contributed by atoms with Crippen molar-refractivity contribution >= 4 is 0 Å². The monoisotopic (exact) mass is 323 g/mol. The summed E-state index contributed by atoms with van der Waals surface area (Å²) in [6, 6.07) is 5.82. The molecule has 0 fully saturated rings. The normalized spacial score (nSPS) is 12.2. The molecule has 0 aliphatic rings. The van der Waals surface area contributed by atoms with Crippen molar-refractivity contribution in [3.05, 3.63) is 36.4 Å². The molecule has 0 heterocycles. The molecule has 1 atom stereocenters. The Morgan fingerprint density at radius 2 is 1.83 bits per heavy atom. The van der Waals surface area contributed by atoms with E-state index in [4.69, 9.17) is 14.2 Å². The fourth-order valence-electron chi connectivity index (χ4n) is 2.37. The van der Waals surface area contributed by atoms with Crippen LogP contribution >= 0.6 is 0 Å². The SMILES string of the molecule is C=CCC[C@@H](O)CN(CCOC)Cc1cc(OC)cc(OC)c1. The van der Waals surface area contributed by atoms with Gasteiger partial charge in [-0.3, -0.25) is 4.90 Å². The first-order chi connectivity index (χ1) is 11.1. The highest BCUT2D eigenvalue weighted by Crippen LogP contribution is 2.23. The predicted octanol–water partition coefficient (Wildman–Crippen LogP) is 2.48. The summed E-state index contributed by atoms with van der Waals surface area (Å²) in [6.45, 7) is 6.36. The molecule has 1 N–H and O–H groups in total. The summed E-state index contributed by atoms with van der Waals surface area (Å²) < 4.78 is 15.8. The molecule has 1 rings (SSSR count). The first kappa shape index (κ1) is 19.5. The van der Waals surface area contributed by atoms with E-state index < -0.39 is 0 Å². The molecule has 0 aromatic heterocycles. The zero-order valence-corrected chi connectivity index (χ0v) is 14.5. The Bertz CT molecular complexity index is 442. The minimum absolute atomic E-state index is 0.377. The zero-order chi connectivity index (χ0) is 17.1. The van der Waals surface area contributed by atoms with E-state index in [1.54, 1.807) is 21.3 Å². The minimum Gasteiger partial charge on any atom is -0.497 e. The molecule has 0 radical (unpaired) electrons. The Hall–Kier alpha value is -1.56. The standard InChI is InChI=1S/C18H29NO4/c1-5-6-7-16(20)14-19(8-9-21-2)13-15-10-17(22-3)12-18(11-15)23-4/h5,10-12,16,20H,1,6-9,13-14H2,2-4H3/t16-/m1/s1. The van der Waals surface area contributed by atoms with Crippen LogP contribution in [0.1, 0.15) is 18.4 Å². The summed E-state index contributed by atoms with van der Waals surface area (Å²) in [5.41, 5.74) is 1.08. The molecule has 0 unspecified atom stereocenters. The largest absolute Gasteiger partial charge is 0.497 e. The Kier molecular flexibility index (Phi) is 9.36. The van der Waals surface area contributed by atoms with Gasteiger partial charge in [0.1, 0.15) is 11.5 Å². The molecule has 0 saturated carbocycles. The lowest BCUT2D eigenvalue weighted by Gasteiger charge is -2.25. The molecule has 0 amide bonds. The van der Waals surface area contributed by atoms with E-state index in [1.807, 2.05) is 24.3 Å². The van der Waals surface area contributed by atoms with Crippen LogP contribution in [-0.2, 0) is 11.3 Å². The third-order valence-electron chi connectivity index (χ3n) is 3.60. The van der Waals surface area contributed by atoms with Gasteiger partial charge in [0.15, 0.2) is 0 Å². The highest BCUT2D eigenvalue weighted by atomic mass is 16.5. The molecular formula is C18H29NO4. The maximum atomic E-state index is 10.1. The van der Waals surface area contributed by atoms with E-state index in [-0.39, 0.29) is 6.10 Å². The van der Waals surface area contributed by atoms with Crippen molar-refractivity contribution in [3.63, 3.8) is 0 Å².